The zero-order chi connectivity index (χ0) is 64.7. The van der Waals surface area contributed by atoms with E-state index in [0.717, 1.165) is 46.4 Å². The van der Waals surface area contributed by atoms with E-state index in [0.29, 0.717) is 99.2 Å². The molecule has 12 rings (SSSR count). The number of fused-ring (bicyclic) bond motifs is 4. The fourth-order valence-electron chi connectivity index (χ4n) is 7.38. The van der Waals surface area contributed by atoms with Gasteiger partial charge in [-0.3, -0.25) is 14.6 Å². The number of phenols is 3. The highest BCUT2D eigenvalue weighted by Crippen LogP contribution is 2.40. The van der Waals surface area contributed by atoms with Gasteiger partial charge >= 0.3 is 0 Å². The Morgan fingerprint density at radius 3 is 1.92 bits per heavy atom. The Morgan fingerprint density at radius 1 is 0.648 bits per heavy atom. The van der Waals surface area contributed by atoms with Gasteiger partial charge < -0.3 is 42.3 Å². The first-order chi connectivity index (χ1) is 43.9. The van der Waals surface area contributed by atoms with Gasteiger partial charge in [-0.05, 0) is 132 Å². The summed E-state index contributed by atoms with van der Waals surface area (Å²) in [7, 11) is 0. The van der Waals surface area contributed by atoms with Crippen molar-refractivity contribution in [3.63, 3.8) is 0 Å². The molecule has 9 aromatic heterocycles. The molecule has 0 aliphatic carbocycles. The van der Waals surface area contributed by atoms with Crippen LogP contribution in [0.25, 0.3) is 49.0 Å². The molecule has 2 amide bonds. The fourth-order valence-corrected chi connectivity index (χ4v) is 10.3. The molecule has 30 nitrogen and oxygen atoms in total. The summed E-state index contributed by atoms with van der Waals surface area (Å²) >= 11 is 16.3. The molecular formula is C55H38Cl2N23O7S4-. The monoisotopic (exact) mass is 1330 g/mol. The lowest BCUT2D eigenvalue weighted by molar-refractivity contribution is -0.411. The van der Waals surface area contributed by atoms with Gasteiger partial charge in [0.2, 0.25) is 5.69 Å². The van der Waals surface area contributed by atoms with Crippen molar-refractivity contribution in [3.05, 3.63) is 154 Å². The first-order valence-electron chi connectivity index (χ1n) is 25.7. The number of phenolic OH excluding ortho intramolecular Hbond substituents is 1. The number of nitrogens with two attached hydrogens (primary N) is 2. The number of hydrogen-bond donors (Lipinski definition) is 7. The molecule has 0 saturated heterocycles. The predicted molar refractivity (Wildman–Crippen MR) is 339 cm³/mol. The van der Waals surface area contributed by atoms with E-state index in [2.05, 4.69) is 98.5 Å². The van der Waals surface area contributed by atoms with Crippen LogP contribution < -0.4 is 21.9 Å². The maximum absolute atomic E-state index is 11.8. The Kier molecular flexibility index (Phi) is 20.9. The number of azo groups is 4. The van der Waals surface area contributed by atoms with Gasteiger partial charge in [0.05, 0.1) is 61.0 Å². The van der Waals surface area contributed by atoms with Crippen LogP contribution in [-0.4, -0.2) is 85.9 Å². The lowest BCUT2D eigenvalue weighted by Crippen LogP contribution is -2.33. The fraction of sp³-hybridized carbons (Fsp3) is 0.0909. The molecule has 0 bridgehead atoms. The minimum atomic E-state index is -1.06. The normalized spacial score (nSPS) is 11.5. The summed E-state index contributed by atoms with van der Waals surface area (Å²) in [5, 5.41) is 98.7. The lowest BCUT2D eigenvalue weighted by Gasteiger charge is -2.23. The van der Waals surface area contributed by atoms with Crippen molar-refractivity contribution >= 4 is 180 Å². The molecule has 1 unspecified atom stereocenters. The molecule has 3 aromatic carbocycles. The minimum absolute atomic E-state index is 0.0135. The molecule has 91 heavy (non-hydrogen) atoms. The van der Waals surface area contributed by atoms with Crippen LogP contribution in [0.5, 0.6) is 23.0 Å². The zero-order valence-corrected chi connectivity index (χ0v) is 51.2. The van der Waals surface area contributed by atoms with Gasteiger partial charge in [-0.15, -0.1) is 40.9 Å². The number of rotatable bonds is 14. The summed E-state index contributed by atoms with van der Waals surface area (Å²) in [5.41, 5.74) is 15.5. The second-order valence-corrected chi connectivity index (χ2v) is 21.8. The van der Waals surface area contributed by atoms with E-state index in [1.807, 2.05) is 19.1 Å². The van der Waals surface area contributed by atoms with Gasteiger partial charge in [0.1, 0.15) is 34.5 Å². The summed E-state index contributed by atoms with van der Waals surface area (Å²) in [6, 6.07) is 21.3. The number of aryl methyl sites for hydroxylation is 1. The Morgan fingerprint density at radius 2 is 1.24 bits per heavy atom. The van der Waals surface area contributed by atoms with Crippen LogP contribution in [0.4, 0.5) is 54.4 Å². The number of carbonyl (C=O) groups is 2. The molecule has 0 aliphatic heterocycles. The first kappa shape index (κ1) is 64.2. The van der Waals surface area contributed by atoms with E-state index in [-0.39, 0.29) is 55.8 Å². The highest BCUT2D eigenvalue weighted by atomic mass is 35.5. The number of aromatic nitrogens is 10. The molecule has 0 radical (unpaired) electrons. The van der Waals surface area contributed by atoms with Gasteiger partial charge in [0.25, 0.3) is 11.8 Å². The number of primary amides is 2. The first-order valence-corrected chi connectivity index (χ1v) is 29.5. The number of nitriles is 1. The second kappa shape index (κ2) is 29.6. The van der Waals surface area contributed by atoms with Crippen LogP contribution >= 0.6 is 69.3 Å². The topological polar surface area (TPSA) is 458 Å². The Hall–Kier alpha value is -11.2. The number of anilines is 1. The van der Waals surface area contributed by atoms with Crippen LogP contribution in [0, 0.1) is 24.8 Å². The van der Waals surface area contributed by atoms with Crippen LogP contribution in [-0.2, 0) is 0 Å². The summed E-state index contributed by atoms with van der Waals surface area (Å²) in [6.07, 6.45) is 7.87. The van der Waals surface area contributed by atoms with Crippen molar-refractivity contribution in [2.75, 3.05) is 5.32 Å². The number of pyridine rings is 4. The van der Waals surface area contributed by atoms with Crippen molar-refractivity contribution in [2.24, 2.45) is 52.4 Å². The number of aromatic hydroxyl groups is 4. The van der Waals surface area contributed by atoms with Crippen LogP contribution in [0.15, 0.2) is 151 Å². The Balaban J connectivity index is 0.000000144. The van der Waals surface area contributed by atoms with E-state index < -0.39 is 18.0 Å². The largest absolute Gasteiger partial charge is 0.836 e. The molecular weight excluding hydrogens is 1290 g/mol. The number of nitrogens with one attached hydrogen (secondary N) is 1. The predicted octanol–water partition coefficient (Wildman–Crippen LogP) is 14.2. The third-order valence-corrected chi connectivity index (χ3v) is 15.3. The van der Waals surface area contributed by atoms with E-state index >= 15 is 0 Å². The van der Waals surface area contributed by atoms with Crippen LogP contribution in [0.1, 0.15) is 51.7 Å². The number of nitrogens with zero attached hydrogens (tertiary/aromatic N) is 20. The van der Waals surface area contributed by atoms with Crippen molar-refractivity contribution in [2.45, 2.75) is 32.9 Å². The molecule has 0 aliphatic rings. The van der Waals surface area contributed by atoms with Crippen molar-refractivity contribution in [1.82, 2.24) is 47.4 Å². The number of halogens is 2. The van der Waals surface area contributed by atoms with Gasteiger partial charge in [0, 0.05) is 48.1 Å². The third-order valence-electron chi connectivity index (χ3n) is 11.8. The van der Waals surface area contributed by atoms with Crippen LogP contribution in [0.3, 0.4) is 0 Å². The van der Waals surface area contributed by atoms with Crippen molar-refractivity contribution in [3.8, 4) is 29.1 Å². The summed E-state index contributed by atoms with van der Waals surface area (Å²) in [5.74, 6) is -1.84. The molecule has 0 spiro atoms. The maximum atomic E-state index is 11.8. The second-order valence-electron chi connectivity index (χ2n) is 18.0. The van der Waals surface area contributed by atoms with E-state index in [4.69, 9.17) is 46.5 Å². The van der Waals surface area contributed by atoms with Crippen LogP contribution in [0.2, 0.25) is 10.0 Å². The Labute approximate surface area is 537 Å². The summed E-state index contributed by atoms with van der Waals surface area (Å²) in [4.78, 5) is 50.5. The average Bonchev–Trinajstić information content (AvgIpc) is 1.75. The quantitative estimate of drug-likeness (QED) is 0.0302. The van der Waals surface area contributed by atoms with E-state index in [1.54, 1.807) is 43.8 Å². The molecule has 9 heterocycles. The molecule has 0 saturated carbocycles. The van der Waals surface area contributed by atoms with Gasteiger partial charge in [-0.2, -0.15) is 18.4 Å². The number of hydrogen-bond acceptors (Lipinski definition) is 31. The summed E-state index contributed by atoms with van der Waals surface area (Å²) in [6.45, 7) is 10.9. The SMILES string of the molecule is N#Cc1cnc2nsc(N=Nc3ccc(O)c(C(N)=O)c3)c2c1.NC(=O)c1cc(N=Nc2snc3nccnc23)ccc1O.Oc1cc(Cl)c(N=Nc2snc3ncccc23)cc1Cl.[C-]#[N+]c1c(C)ncc2c(N=Nc3ccc(O)c(NC([O-])CCC)n3)snc12. The maximum Gasteiger partial charge on any atom is 0.252 e. The number of carbonyl (C=O) groups excluding carboxylic acids is 2. The molecule has 12 aromatic rings. The highest BCUT2D eigenvalue weighted by molar-refractivity contribution is 7.12. The Bertz CT molecular complexity index is 4930. The highest BCUT2D eigenvalue weighted by Gasteiger charge is 2.16. The molecule has 9 N–H and O–H groups in total. The van der Waals surface area contributed by atoms with Gasteiger partial charge in [-0.1, -0.05) is 42.8 Å². The average molecular weight is 1330 g/mol. The zero-order valence-electron chi connectivity index (χ0n) is 46.4. The molecule has 0 fully saturated rings. The lowest BCUT2D eigenvalue weighted by atomic mass is 10.2. The number of benzene rings is 3. The molecule has 1 atom stereocenters. The van der Waals surface area contributed by atoms with E-state index in [9.17, 15) is 35.1 Å². The van der Waals surface area contributed by atoms with Gasteiger partial charge in [0.15, 0.2) is 54.3 Å². The van der Waals surface area contributed by atoms with Crippen molar-refractivity contribution in [1.29, 1.82) is 5.26 Å². The third kappa shape index (κ3) is 15.9. The van der Waals surface area contributed by atoms with Crippen molar-refractivity contribution < 1.29 is 35.1 Å². The van der Waals surface area contributed by atoms with Gasteiger partial charge in [-0.25, -0.2) is 34.1 Å². The smallest absolute Gasteiger partial charge is 0.252 e. The number of amides is 2. The van der Waals surface area contributed by atoms with E-state index in [1.165, 1.54) is 78.4 Å². The summed E-state index contributed by atoms with van der Waals surface area (Å²) < 4.78 is 16.6. The standard InChI is InChI=1S/C17H16N7O2S.C14H8N6O2S.C12H6Cl2N4OS.C12H8N6O2S/c1-4-5-13(26)21-16-11(25)6-7-12(20-16)22-23-17-10-8-19-9(2)14(18-3)15(10)24-27-17;15-5-7-3-10-13(17-6-7)20-23-14(10)19-18-8-1-2-11(21)9(4-8)12(16)22;13-7-5-10(19)8(14)4-9(7)16-17-12-6-2-1-3-15-11(6)18-20-12;13-10(20)7-5-6(1-2-8(7)19)16-17-12-9-11(18-21-12)15-4-3-14-9/h6-8,13,25H,4-5H2,1-2H3,(H,20,21);1-4,6,21H,(H2,16,22);1-5,19H;1-5,19H,(H2,13,20)/q-1;;;. The minimum Gasteiger partial charge on any atom is -0.836 e. The molecule has 454 valence electrons. The molecule has 36 heteroatoms.